The fraction of sp³-hybridized carbons (Fsp3) is 0.120. The van der Waals surface area contributed by atoms with Crippen LogP contribution in [0.15, 0.2) is 101 Å². The number of ether oxygens (including phenoxy) is 1. The van der Waals surface area contributed by atoms with E-state index in [0.29, 0.717) is 16.9 Å². The molecule has 1 aliphatic rings. The average molecular weight is 460 g/mol. The van der Waals surface area contributed by atoms with Crippen molar-refractivity contribution in [3.05, 3.63) is 107 Å². The van der Waals surface area contributed by atoms with Crippen LogP contribution in [0.5, 0.6) is 5.75 Å². The standard InChI is InChI=1S/C25H21N3O4S/c1-32-19-14-12-17(13-15-19)23-21(16-26)22(27)24(25(29)18-8-4-2-5-9-18)28(23)33(30,31)20-10-6-3-7-11-20/h2-15,23-24H,27H2,1H3/t23-,24+/m1/s1. The normalized spacial score (nSPS) is 18.7. The number of benzene rings is 3. The highest BCUT2D eigenvalue weighted by molar-refractivity contribution is 7.89. The molecule has 0 spiro atoms. The Balaban J connectivity index is 1.94. The number of carbonyl (C=O) groups excluding carboxylic acids is 1. The Morgan fingerprint density at radius 1 is 0.970 bits per heavy atom. The van der Waals surface area contributed by atoms with E-state index in [0.717, 1.165) is 4.31 Å². The van der Waals surface area contributed by atoms with Crippen molar-refractivity contribution in [3.8, 4) is 11.8 Å². The lowest BCUT2D eigenvalue weighted by molar-refractivity contribution is 0.0918. The number of methoxy groups -OCH3 is 1. The predicted octanol–water partition coefficient (Wildman–Crippen LogP) is 3.43. The number of nitrogens with two attached hydrogens (primary N) is 1. The van der Waals surface area contributed by atoms with Crippen LogP contribution in [0, 0.1) is 11.3 Å². The van der Waals surface area contributed by atoms with Crippen LogP contribution in [0.25, 0.3) is 0 Å². The monoisotopic (exact) mass is 459 g/mol. The van der Waals surface area contributed by atoms with Gasteiger partial charge >= 0.3 is 0 Å². The summed E-state index contributed by atoms with van der Waals surface area (Å²) in [5, 5.41) is 9.95. The molecule has 1 aliphatic heterocycles. The van der Waals surface area contributed by atoms with Gasteiger partial charge in [-0.25, -0.2) is 8.42 Å². The molecule has 0 fully saturated rings. The Labute approximate surface area is 192 Å². The number of ketones is 1. The largest absolute Gasteiger partial charge is 0.497 e. The number of nitrogens with zero attached hydrogens (tertiary/aromatic N) is 2. The lowest BCUT2D eigenvalue weighted by Gasteiger charge is -2.30. The quantitative estimate of drug-likeness (QED) is 0.565. The molecule has 0 saturated carbocycles. The second-order valence-corrected chi connectivity index (χ2v) is 9.28. The third kappa shape index (κ3) is 3.89. The number of carbonyl (C=O) groups is 1. The van der Waals surface area contributed by atoms with Crippen molar-refractivity contribution in [1.29, 1.82) is 5.26 Å². The first-order chi connectivity index (χ1) is 15.9. The van der Waals surface area contributed by atoms with Crippen LogP contribution in [0.2, 0.25) is 0 Å². The molecule has 4 rings (SSSR count). The lowest BCUT2D eigenvalue weighted by atomic mass is 10.00. The molecule has 0 bridgehead atoms. The van der Waals surface area contributed by atoms with E-state index in [1.54, 1.807) is 72.8 Å². The van der Waals surface area contributed by atoms with Crippen molar-refractivity contribution in [2.24, 2.45) is 5.73 Å². The third-order valence-electron chi connectivity index (χ3n) is 5.57. The molecule has 0 aliphatic carbocycles. The molecule has 7 nitrogen and oxygen atoms in total. The van der Waals surface area contributed by atoms with Gasteiger partial charge in [-0.3, -0.25) is 4.79 Å². The minimum atomic E-state index is -4.22. The maximum atomic E-state index is 13.9. The fourth-order valence-corrected chi connectivity index (χ4v) is 5.69. The van der Waals surface area contributed by atoms with Gasteiger partial charge in [0, 0.05) is 5.56 Å². The molecule has 0 radical (unpaired) electrons. The number of hydrogen-bond donors (Lipinski definition) is 1. The van der Waals surface area contributed by atoms with E-state index in [4.69, 9.17) is 10.5 Å². The Bertz CT molecular complexity index is 1350. The SMILES string of the molecule is COc1ccc([C@@H]2C(C#N)=C(N)[C@@H](C(=O)c3ccccc3)N2S(=O)(=O)c2ccccc2)cc1. The van der Waals surface area contributed by atoms with Gasteiger partial charge in [0.15, 0.2) is 5.78 Å². The topological polar surface area (TPSA) is 113 Å². The first kappa shape index (κ1) is 22.3. The molecule has 0 unspecified atom stereocenters. The van der Waals surface area contributed by atoms with Crippen LogP contribution in [-0.4, -0.2) is 31.7 Å². The van der Waals surface area contributed by atoms with Gasteiger partial charge in [0.2, 0.25) is 10.0 Å². The van der Waals surface area contributed by atoms with Gasteiger partial charge in [0.25, 0.3) is 0 Å². The van der Waals surface area contributed by atoms with Crippen molar-refractivity contribution in [2.45, 2.75) is 17.0 Å². The highest BCUT2D eigenvalue weighted by atomic mass is 32.2. The van der Waals surface area contributed by atoms with E-state index in [1.165, 1.54) is 19.2 Å². The van der Waals surface area contributed by atoms with Gasteiger partial charge in [-0.15, -0.1) is 0 Å². The van der Waals surface area contributed by atoms with E-state index in [2.05, 4.69) is 0 Å². The van der Waals surface area contributed by atoms with E-state index in [1.807, 2.05) is 6.07 Å². The van der Waals surface area contributed by atoms with Crippen LogP contribution in [0.1, 0.15) is 22.0 Å². The van der Waals surface area contributed by atoms with E-state index >= 15 is 0 Å². The van der Waals surface area contributed by atoms with Gasteiger partial charge in [0.05, 0.1) is 35.4 Å². The summed E-state index contributed by atoms with van der Waals surface area (Å²) in [6.07, 6.45) is 0. The molecular formula is C25H21N3O4S. The summed E-state index contributed by atoms with van der Waals surface area (Å²) in [6, 6.07) is 22.4. The molecule has 2 atom stereocenters. The van der Waals surface area contributed by atoms with Crippen LogP contribution < -0.4 is 10.5 Å². The number of nitriles is 1. The summed E-state index contributed by atoms with van der Waals surface area (Å²) < 4.78 is 34.0. The van der Waals surface area contributed by atoms with Crippen molar-refractivity contribution in [2.75, 3.05) is 7.11 Å². The van der Waals surface area contributed by atoms with Gasteiger partial charge in [-0.1, -0.05) is 60.7 Å². The molecule has 0 aromatic heterocycles. The van der Waals surface area contributed by atoms with Crippen molar-refractivity contribution in [3.63, 3.8) is 0 Å². The second-order valence-electron chi connectivity index (χ2n) is 7.44. The summed E-state index contributed by atoms with van der Waals surface area (Å²) in [4.78, 5) is 13.5. The van der Waals surface area contributed by atoms with Crippen molar-refractivity contribution in [1.82, 2.24) is 4.31 Å². The molecule has 2 N–H and O–H groups in total. The predicted molar refractivity (Wildman–Crippen MR) is 123 cm³/mol. The highest BCUT2D eigenvalue weighted by Crippen LogP contribution is 2.44. The Kier molecular flexibility index (Phi) is 6.01. The number of hydrogen-bond acceptors (Lipinski definition) is 6. The molecule has 166 valence electrons. The smallest absolute Gasteiger partial charge is 0.245 e. The maximum Gasteiger partial charge on any atom is 0.245 e. The molecule has 33 heavy (non-hydrogen) atoms. The van der Waals surface area contributed by atoms with Gasteiger partial charge < -0.3 is 10.5 Å². The zero-order valence-corrected chi connectivity index (χ0v) is 18.6. The fourth-order valence-electron chi connectivity index (χ4n) is 3.95. The Hall–Kier alpha value is -3.93. The summed E-state index contributed by atoms with van der Waals surface area (Å²) in [5.74, 6) is 0.0675. The Morgan fingerprint density at radius 2 is 1.55 bits per heavy atom. The summed E-state index contributed by atoms with van der Waals surface area (Å²) in [6.45, 7) is 0. The second kappa shape index (κ2) is 8.90. The zero-order chi connectivity index (χ0) is 23.6. The lowest BCUT2D eigenvalue weighted by Crippen LogP contribution is -2.45. The van der Waals surface area contributed by atoms with Gasteiger partial charge in [-0.05, 0) is 29.8 Å². The van der Waals surface area contributed by atoms with Gasteiger partial charge in [-0.2, -0.15) is 9.57 Å². The molecule has 0 saturated heterocycles. The van der Waals surface area contributed by atoms with E-state index in [-0.39, 0.29) is 16.2 Å². The minimum absolute atomic E-state index is 0.00126. The van der Waals surface area contributed by atoms with Crippen molar-refractivity contribution >= 4 is 15.8 Å². The Morgan fingerprint density at radius 3 is 2.09 bits per heavy atom. The maximum absolute atomic E-state index is 13.9. The first-order valence-corrected chi connectivity index (χ1v) is 11.6. The summed E-state index contributed by atoms with van der Waals surface area (Å²) in [7, 11) is -2.70. The summed E-state index contributed by atoms with van der Waals surface area (Å²) in [5.41, 5.74) is 7.07. The zero-order valence-electron chi connectivity index (χ0n) is 17.8. The number of sulfonamides is 1. The molecule has 1 heterocycles. The van der Waals surface area contributed by atoms with Crippen LogP contribution in [-0.2, 0) is 10.0 Å². The van der Waals surface area contributed by atoms with Crippen LogP contribution in [0.4, 0.5) is 0 Å². The minimum Gasteiger partial charge on any atom is -0.497 e. The number of rotatable bonds is 6. The molecular weight excluding hydrogens is 438 g/mol. The average Bonchev–Trinajstić information content (AvgIpc) is 3.17. The molecule has 3 aromatic rings. The molecule has 3 aromatic carbocycles. The summed E-state index contributed by atoms with van der Waals surface area (Å²) >= 11 is 0. The van der Waals surface area contributed by atoms with E-state index < -0.39 is 27.9 Å². The van der Waals surface area contributed by atoms with Crippen LogP contribution >= 0.6 is 0 Å². The van der Waals surface area contributed by atoms with Gasteiger partial charge in [0.1, 0.15) is 11.8 Å². The van der Waals surface area contributed by atoms with Crippen LogP contribution in [0.3, 0.4) is 0 Å². The highest BCUT2D eigenvalue weighted by Gasteiger charge is 2.50. The molecule has 0 amide bonds. The molecule has 8 heteroatoms. The number of Topliss-reactive ketones (excluding diaryl/α,β-unsaturated/α-hetero) is 1. The van der Waals surface area contributed by atoms with Crippen molar-refractivity contribution < 1.29 is 17.9 Å². The first-order valence-electron chi connectivity index (χ1n) is 10.1. The van der Waals surface area contributed by atoms with E-state index in [9.17, 15) is 18.5 Å². The third-order valence-corrected chi connectivity index (χ3v) is 7.41.